The predicted octanol–water partition coefficient (Wildman–Crippen LogP) is 2.58. The Labute approximate surface area is 142 Å². The van der Waals surface area contributed by atoms with Gasteiger partial charge in [0.15, 0.2) is 0 Å². The van der Waals surface area contributed by atoms with Crippen LogP contribution in [0.2, 0.25) is 0 Å². The van der Waals surface area contributed by atoms with Crippen LogP contribution in [0.4, 0.5) is 4.79 Å². The fourth-order valence-corrected chi connectivity index (χ4v) is 2.85. The molecule has 0 bridgehead atoms. The third kappa shape index (κ3) is 4.71. The Hall–Kier alpha value is -2.08. The Balaban J connectivity index is 2.01. The van der Waals surface area contributed by atoms with Crippen molar-refractivity contribution in [1.29, 1.82) is 0 Å². The Bertz CT molecular complexity index is 573. The van der Waals surface area contributed by atoms with Gasteiger partial charge < -0.3 is 20.1 Å². The maximum atomic E-state index is 12.4. The molecular formula is C18H26N2O4. The number of nitrogens with zero attached hydrogens (tertiary/aromatic N) is 1. The molecule has 3 unspecified atom stereocenters. The Kier molecular flexibility index (Phi) is 6.20. The molecule has 6 heteroatoms. The molecule has 0 spiro atoms. The van der Waals surface area contributed by atoms with E-state index in [0.717, 1.165) is 18.4 Å². The van der Waals surface area contributed by atoms with E-state index in [0.29, 0.717) is 6.61 Å². The summed E-state index contributed by atoms with van der Waals surface area (Å²) in [5.74, 6) is -1.51. The maximum Gasteiger partial charge on any atom is 0.317 e. The van der Waals surface area contributed by atoms with E-state index in [4.69, 9.17) is 9.84 Å². The van der Waals surface area contributed by atoms with E-state index >= 15 is 0 Å². The molecule has 132 valence electrons. The second-order valence-corrected chi connectivity index (χ2v) is 6.52. The van der Waals surface area contributed by atoms with Gasteiger partial charge in [0, 0.05) is 20.2 Å². The lowest BCUT2D eigenvalue weighted by atomic mass is 9.95. The van der Waals surface area contributed by atoms with E-state index in [1.54, 1.807) is 14.0 Å². The van der Waals surface area contributed by atoms with E-state index in [-0.39, 0.29) is 24.7 Å². The summed E-state index contributed by atoms with van der Waals surface area (Å²) in [7, 11) is 1.61. The van der Waals surface area contributed by atoms with Crippen molar-refractivity contribution in [1.82, 2.24) is 10.2 Å². The first-order valence-corrected chi connectivity index (χ1v) is 8.31. The predicted molar refractivity (Wildman–Crippen MR) is 90.9 cm³/mol. The molecular weight excluding hydrogens is 308 g/mol. The van der Waals surface area contributed by atoms with Crippen molar-refractivity contribution in [3.8, 4) is 0 Å². The smallest absolute Gasteiger partial charge is 0.317 e. The number of amides is 2. The summed E-state index contributed by atoms with van der Waals surface area (Å²) in [5, 5.41) is 12.0. The van der Waals surface area contributed by atoms with Gasteiger partial charge in [-0.3, -0.25) is 4.79 Å². The zero-order valence-electron chi connectivity index (χ0n) is 14.5. The monoisotopic (exact) mass is 334 g/mol. The second kappa shape index (κ2) is 8.15. The summed E-state index contributed by atoms with van der Waals surface area (Å²) in [6.07, 6.45) is 1.56. The Morgan fingerprint density at radius 2 is 2.04 bits per heavy atom. The fourth-order valence-electron chi connectivity index (χ4n) is 2.85. The third-order valence-electron chi connectivity index (χ3n) is 4.35. The highest BCUT2D eigenvalue weighted by atomic mass is 16.5. The first-order valence-electron chi connectivity index (χ1n) is 8.31. The average molecular weight is 334 g/mol. The number of aliphatic carboxylic acids is 1. The fraction of sp³-hybridized carbons (Fsp3) is 0.556. The van der Waals surface area contributed by atoms with Crippen LogP contribution in [-0.2, 0) is 9.53 Å². The molecule has 1 aliphatic rings. The normalized spacial score (nSPS) is 21.8. The molecule has 2 N–H and O–H groups in total. The molecule has 1 heterocycles. The van der Waals surface area contributed by atoms with E-state index in [2.05, 4.69) is 5.32 Å². The van der Waals surface area contributed by atoms with E-state index in [1.165, 1.54) is 10.5 Å². The first-order chi connectivity index (χ1) is 11.4. The minimum atomic E-state index is -0.909. The number of nitrogens with one attached hydrogen (secondary N) is 1. The van der Waals surface area contributed by atoms with Gasteiger partial charge in [-0.15, -0.1) is 0 Å². The number of carboxylic acids is 1. The van der Waals surface area contributed by atoms with Crippen molar-refractivity contribution >= 4 is 12.0 Å². The summed E-state index contributed by atoms with van der Waals surface area (Å²) >= 11 is 0. The summed E-state index contributed by atoms with van der Waals surface area (Å²) < 4.78 is 5.89. The molecule has 0 aliphatic carbocycles. The zero-order chi connectivity index (χ0) is 17.7. The maximum absolute atomic E-state index is 12.4. The Morgan fingerprint density at radius 3 is 2.67 bits per heavy atom. The number of hydrogen-bond acceptors (Lipinski definition) is 3. The highest BCUT2D eigenvalue weighted by Crippen LogP contribution is 2.28. The van der Waals surface area contributed by atoms with Crippen LogP contribution in [0.5, 0.6) is 0 Å². The number of benzene rings is 1. The van der Waals surface area contributed by atoms with Gasteiger partial charge in [0.25, 0.3) is 0 Å². The average Bonchev–Trinajstić information content (AvgIpc) is 2.56. The molecule has 0 saturated carbocycles. The SMILES string of the molecule is Cc1ccc(C2OCCCC2NC(=O)N(C)CC(C)C(=O)O)cc1. The summed E-state index contributed by atoms with van der Waals surface area (Å²) in [5.41, 5.74) is 2.23. The van der Waals surface area contributed by atoms with E-state index < -0.39 is 11.9 Å². The van der Waals surface area contributed by atoms with Gasteiger partial charge in [-0.05, 0) is 25.3 Å². The van der Waals surface area contributed by atoms with Crippen molar-refractivity contribution in [2.24, 2.45) is 5.92 Å². The van der Waals surface area contributed by atoms with E-state index in [9.17, 15) is 9.59 Å². The van der Waals surface area contributed by atoms with Crippen molar-refractivity contribution in [2.75, 3.05) is 20.2 Å². The number of hydrogen-bond donors (Lipinski definition) is 2. The second-order valence-electron chi connectivity index (χ2n) is 6.52. The van der Waals surface area contributed by atoms with Gasteiger partial charge in [0.05, 0.1) is 12.0 Å². The van der Waals surface area contributed by atoms with Crippen molar-refractivity contribution in [3.63, 3.8) is 0 Å². The molecule has 1 saturated heterocycles. The summed E-state index contributed by atoms with van der Waals surface area (Å²) in [6.45, 7) is 4.47. The molecule has 0 aromatic heterocycles. The number of rotatable bonds is 5. The summed E-state index contributed by atoms with van der Waals surface area (Å²) in [4.78, 5) is 24.7. The highest BCUT2D eigenvalue weighted by Gasteiger charge is 2.30. The van der Waals surface area contributed by atoms with Crippen LogP contribution in [-0.4, -0.2) is 48.2 Å². The van der Waals surface area contributed by atoms with Gasteiger partial charge in [-0.25, -0.2) is 4.79 Å². The van der Waals surface area contributed by atoms with Gasteiger partial charge >= 0.3 is 12.0 Å². The number of carbonyl (C=O) groups excluding carboxylic acids is 1. The molecule has 24 heavy (non-hydrogen) atoms. The summed E-state index contributed by atoms with van der Waals surface area (Å²) in [6, 6.07) is 7.74. The van der Waals surface area contributed by atoms with E-state index in [1.807, 2.05) is 31.2 Å². The lowest BCUT2D eigenvalue weighted by Gasteiger charge is -2.34. The number of aryl methyl sites for hydroxylation is 1. The van der Waals surface area contributed by atoms with Crippen LogP contribution in [0.25, 0.3) is 0 Å². The van der Waals surface area contributed by atoms with Crippen molar-refractivity contribution in [2.45, 2.75) is 38.8 Å². The topological polar surface area (TPSA) is 78.9 Å². The van der Waals surface area contributed by atoms with Crippen LogP contribution in [0, 0.1) is 12.8 Å². The highest BCUT2D eigenvalue weighted by molar-refractivity contribution is 5.76. The number of urea groups is 1. The van der Waals surface area contributed by atoms with Crippen molar-refractivity contribution < 1.29 is 19.4 Å². The molecule has 3 atom stereocenters. The first kappa shape index (κ1) is 18.3. The molecule has 1 fully saturated rings. The van der Waals surface area contributed by atoms with Crippen LogP contribution in [0.3, 0.4) is 0 Å². The van der Waals surface area contributed by atoms with Crippen molar-refractivity contribution in [3.05, 3.63) is 35.4 Å². The quantitative estimate of drug-likeness (QED) is 0.867. The van der Waals surface area contributed by atoms with Gasteiger partial charge in [-0.2, -0.15) is 0 Å². The minimum Gasteiger partial charge on any atom is -0.481 e. The number of carboxylic acid groups (broad SMARTS) is 1. The minimum absolute atomic E-state index is 0.114. The molecule has 1 aromatic carbocycles. The lowest BCUT2D eigenvalue weighted by Crippen LogP contribution is -2.48. The number of carbonyl (C=O) groups is 2. The largest absolute Gasteiger partial charge is 0.481 e. The van der Waals surface area contributed by atoms with Crippen LogP contribution in [0.15, 0.2) is 24.3 Å². The lowest BCUT2D eigenvalue weighted by molar-refractivity contribution is -0.141. The molecule has 1 aromatic rings. The van der Waals surface area contributed by atoms with Crippen LogP contribution < -0.4 is 5.32 Å². The molecule has 2 rings (SSSR count). The number of ether oxygens (including phenoxy) is 1. The van der Waals surface area contributed by atoms with Crippen LogP contribution >= 0.6 is 0 Å². The Morgan fingerprint density at radius 1 is 1.38 bits per heavy atom. The molecule has 1 aliphatic heterocycles. The standard InChI is InChI=1S/C18H26N2O4/c1-12-6-8-14(9-7-12)16-15(5-4-10-24-16)19-18(23)20(3)11-13(2)17(21)22/h6-9,13,15-16H,4-5,10-11H2,1-3H3,(H,19,23)(H,21,22). The van der Waals surface area contributed by atoms with Gasteiger partial charge in [-0.1, -0.05) is 36.8 Å². The molecule has 0 radical (unpaired) electrons. The van der Waals surface area contributed by atoms with Crippen LogP contribution in [0.1, 0.15) is 37.0 Å². The molecule has 6 nitrogen and oxygen atoms in total. The zero-order valence-corrected chi connectivity index (χ0v) is 14.5. The third-order valence-corrected chi connectivity index (χ3v) is 4.35. The molecule has 2 amide bonds. The van der Waals surface area contributed by atoms with Gasteiger partial charge in [0.1, 0.15) is 6.10 Å². The van der Waals surface area contributed by atoms with Gasteiger partial charge in [0.2, 0.25) is 0 Å².